The number of benzene rings is 1. The first-order valence-corrected chi connectivity index (χ1v) is 7.43. The number of fused-ring (bicyclic) bond motifs is 1. The van der Waals surface area contributed by atoms with Crippen LogP contribution < -0.4 is 10.9 Å². The molecule has 7 heteroatoms. The van der Waals surface area contributed by atoms with E-state index < -0.39 is 5.91 Å². The first kappa shape index (κ1) is 15.0. The Kier molecular flexibility index (Phi) is 4.18. The number of aryl methyl sites for hydroxylation is 1. The highest BCUT2D eigenvalue weighted by molar-refractivity contribution is 6.10. The number of hydrogen-bond donors (Lipinski definition) is 2. The number of unbranched alkanes of at least 4 members (excludes halogenated alkanes) is 1. The van der Waals surface area contributed by atoms with Gasteiger partial charge in [0.1, 0.15) is 0 Å². The molecule has 0 unspecified atom stereocenters. The molecule has 0 aliphatic carbocycles. The molecule has 0 aliphatic heterocycles. The number of carbonyl (C=O) groups excluding carboxylic acids is 1. The summed E-state index contributed by atoms with van der Waals surface area (Å²) in [7, 11) is 0. The molecule has 0 spiro atoms. The number of aromatic amines is 1. The van der Waals surface area contributed by atoms with Crippen molar-refractivity contribution in [1.82, 2.24) is 15.4 Å². The van der Waals surface area contributed by atoms with Crippen molar-refractivity contribution in [2.24, 2.45) is 0 Å². The number of anilines is 1. The van der Waals surface area contributed by atoms with E-state index in [-0.39, 0.29) is 17.1 Å². The van der Waals surface area contributed by atoms with Gasteiger partial charge in [-0.1, -0.05) is 36.7 Å². The molecule has 0 aliphatic rings. The Morgan fingerprint density at radius 3 is 2.87 bits per heavy atom. The summed E-state index contributed by atoms with van der Waals surface area (Å²) in [5, 5.41) is 13.6. The topological polar surface area (TPSA) is 101 Å². The average molecular weight is 312 g/mol. The van der Waals surface area contributed by atoms with Crippen molar-refractivity contribution in [3.8, 4) is 0 Å². The molecular formula is C16H16N4O3. The molecule has 0 fully saturated rings. The molecule has 0 radical (unpaired) electrons. The minimum atomic E-state index is -0.462. The van der Waals surface area contributed by atoms with Gasteiger partial charge in [0.05, 0.1) is 11.1 Å². The van der Waals surface area contributed by atoms with Crippen molar-refractivity contribution in [1.29, 1.82) is 0 Å². The largest absolute Gasteiger partial charge is 0.338 e. The van der Waals surface area contributed by atoms with Gasteiger partial charge in [-0.25, -0.2) is 5.10 Å². The van der Waals surface area contributed by atoms with Crippen LogP contribution in [0.3, 0.4) is 0 Å². The van der Waals surface area contributed by atoms with Gasteiger partial charge in [-0.2, -0.15) is 5.10 Å². The second kappa shape index (κ2) is 6.43. The third-order valence-corrected chi connectivity index (χ3v) is 3.49. The van der Waals surface area contributed by atoms with Gasteiger partial charge in [-0.15, -0.1) is 0 Å². The monoisotopic (exact) mass is 312 g/mol. The molecule has 1 amide bonds. The second-order valence-electron chi connectivity index (χ2n) is 5.19. The Morgan fingerprint density at radius 2 is 2.09 bits per heavy atom. The van der Waals surface area contributed by atoms with Crippen LogP contribution in [0, 0.1) is 0 Å². The van der Waals surface area contributed by atoms with E-state index in [9.17, 15) is 9.59 Å². The van der Waals surface area contributed by atoms with Crippen LogP contribution >= 0.6 is 0 Å². The van der Waals surface area contributed by atoms with E-state index >= 15 is 0 Å². The van der Waals surface area contributed by atoms with Crippen LogP contribution in [0.1, 0.15) is 35.9 Å². The Balaban J connectivity index is 1.85. The van der Waals surface area contributed by atoms with Crippen LogP contribution in [0.2, 0.25) is 0 Å². The van der Waals surface area contributed by atoms with E-state index in [1.165, 1.54) is 0 Å². The molecule has 23 heavy (non-hydrogen) atoms. The minimum absolute atomic E-state index is 0.131. The average Bonchev–Trinajstić information content (AvgIpc) is 3.01. The summed E-state index contributed by atoms with van der Waals surface area (Å²) in [6.07, 6.45) is 2.86. The van der Waals surface area contributed by atoms with Crippen molar-refractivity contribution in [3.05, 3.63) is 52.1 Å². The SMILES string of the molecule is CCCCc1cc(NC(=O)c2n[nH]c(=O)c3ccccc23)on1. The highest BCUT2D eigenvalue weighted by Gasteiger charge is 2.16. The highest BCUT2D eigenvalue weighted by atomic mass is 16.5. The summed E-state index contributed by atoms with van der Waals surface area (Å²) in [5.74, 6) is -0.200. The lowest BCUT2D eigenvalue weighted by atomic mass is 10.1. The van der Waals surface area contributed by atoms with Gasteiger partial charge >= 0.3 is 0 Å². The summed E-state index contributed by atoms with van der Waals surface area (Å²) < 4.78 is 5.11. The van der Waals surface area contributed by atoms with E-state index in [1.807, 2.05) is 0 Å². The van der Waals surface area contributed by atoms with E-state index in [1.54, 1.807) is 30.3 Å². The van der Waals surface area contributed by atoms with Crippen LogP contribution in [0.4, 0.5) is 5.88 Å². The number of aromatic nitrogens is 3. The highest BCUT2D eigenvalue weighted by Crippen LogP contribution is 2.16. The number of carbonyl (C=O) groups is 1. The predicted octanol–water partition coefficient (Wildman–Crippen LogP) is 2.51. The third kappa shape index (κ3) is 3.13. The zero-order valence-corrected chi connectivity index (χ0v) is 12.6. The molecule has 2 N–H and O–H groups in total. The van der Waals surface area contributed by atoms with Gasteiger partial charge in [-0.3, -0.25) is 14.9 Å². The summed E-state index contributed by atoms with van der Waals surface area (Å²) in [4.78, 5) is 24.1. The van der Waals surface area contributed by atoms with E-state index in [2.05, 4.69) is 27.6 Å². The quantitative estimate of drug-likeness (QED) is 0.754. The first-order valence-electron chi connectivity index (χ1n) is 7.43. The lowest BCUT2D eigenvalue weighted by Crippen LogP contribution is -2.19. The molecular weight excluding hydrogens is 296 g/mol. The Morgan fingerprint density at radius 1 is 1.30 bits per heavy atom. The molecule has 2 aromatic heterocycles. The Bertz CT molecular complexity index is 897. The van der Waals surface area contributed by atoms with Gasteiger partial charge in [0, 0.05) is 11.5 Å². The van der Waals surface area contributed by atoms with E-state index in [0.29, 0.717) is 10.8 Å². The molecule has 7 nitrogen and oxygen atoms in total. The van der Waals surface area contributed by atoms with Crippen LogP contribution in [0.25, 0.3) is 10.8 Å². The predicted molar refractivity (Wildman–Crippen MR) is 85.4 cm³/mol. The maximum Gasteiger partial charge on any atom is 0.279 e. The van der Waals surface area contributed by atoms with Gasteiger partial charge in [-0.05, 0) is 18.9 Å². The van der Waals surface area contributed by atoms with Crippen molar-refractivity contribution in [2.75, 3.05) is 5.32 Å². The molecule has 2 heterocycles. The first-order chi connectivity index (χ1) is 11.2. The summed E-state index contributed by atoms with van der Waals surface area (Å²) in [6, 6.07) is 8.50. The Hall–Kier alpha value is -2.96. The normalized spacial score (nSPS) is 10.8. The fraction of sp³-hybridized carbons (Fsp3) is 0.250. The maximum absolute atomic E-state index is 12.4. The Labute approximate surface area is 131 Å². The van der Waals surface area contributed by atoms with Crippen LogP contribution in [0.15, 0.2) is 39.6 Å². The molecule has 0 atom stereocenters. The molecule has 3 aromatic rings. The third-order valence-electron chi connectivity index (χ3n) is 3.49. The number of H-pyrrole nitrogens is 1. The number of amides is 1. The zero-order chi connectivity index (χ0) is 16.2. The molecule has 1 aromatic carbocycles. The number of nitrogens with one attached hydrogen (secondary N) is 2. The van der Waals surface area contributed by atoms with Crippen molar-refractivity contribution >= 4 is 22.6 Å². The lowest BCUT2D eigenvalue weighted by molar-refractivity contribution is 0.102. The van der Waals surface area contributed by atoms with Gasteiger partial charge in [0.25, 0.3) is 11.5 Å². The fourth-order valence-electron chi connectivity index (χ4n) is 2.31. The zero-order valence-electron chi connectivity index (χ0n) is 12.6. The summed E-state index contributed by atoms with van der Waals surface area (Å²) in [6.45, 7) is 2.09. The number of hydrogen-bond acceptors (Lipinski definition) is 5. The van der Waals surface area contributed by atoms with Crippen LogP contribution in [-0.2, 0) is 6.42 Å². The fourth-order valence-corrected chi connectivity index (χ4v) is 2.31. The standard InChI is InChI=1S/C16H16N4O3/c1-2-3-6-10-9-13(23-20-10)17-16(22)14-11-7-4-5-8-12(11)15(21)19-18-14/h4-5,7-9H,2-3,6H2,1H3,(H,17,22)(H,19,21). The molecule has 3 rings (SSSR count). The smallest absolute Gasteiger partial charge is 0.279 e. The molecule has 0 saturated carbocycles. The van der Waals surface area contributed by atoms with Gasteiger partial charge in [0.15, 0.2) is 5.69 Å². The lowest BCUT2D eigenvalue weighted by Gasteiger charge is -2.03. The van der Waals surface area contributed by atoms with E-state index in [0.717, 1.165) is 25.0 Å². The van der Waals surface area contributed by atoms with E-state index in [4.69, 9.17) is 4.52 Å². The van der Waals surface area contributed by atoms with Crippen molar-refractivity contribution in [3.63, 3.8) is 0 Å². The molecule has 0 saturated heterocycles. The number of rotatable bonds is 5. The molecule has 118 valence electrons. The summed E-state index contributed by atoms with van der Waals surface area (Å²) in [5.41, 5.74) is 0.590. The van der Waals surface area contributed by atoms with Gasteiger partial charge in [0.2, 0.25) is 5.88 Å². The van der Waals surface area contributed by atoms with Crippen LogP contribution in [0.5, 0.6) is 0 Å². The van der Waals surface area contributed by atoms with Gasteiger partial charge < -0.3 is 4.52 Å². The molecule has 0 bridgehead atoms. The van der Waals surface area contributed by atoms with Crippen molar-refractivity contribution in [2.45, 2.75) is 26.2 Å². The minimum Gasteiger partial charge on any atom is -0.338 e. The number of nitrogens with zero attached hydrogens (tertiary/aromatic N) is 2. The maximum atomic E-state index is 12.4. The second-order valence-corrected chi connectivity index (χ2v) is 5.19. The summed E-state index contributed by atoms with van der Waals surface area (Å²) >= 11 is 0. The van der Waals surface area contributed by atoms with Crippen molar-refractivity contribution < 1.29 is 9.32 Å². The van der Waals surface area contributed by atoms with Crippen LogP contribution in [-0.4, -0.2) is 21.3 Å².